The largest absolute Gasteiger partial charge is 0.420 e. The van der Waals surface area contributed by atoms with Crippen molar-refractivity contribution in [3.63, 3.8) is 0 Å². The molecule has 2 aromatic heterocycles. The van der Waals surface area contributed by atoms with Crippen LogP contribution in [0.1, 0.15) is 5.56 Å². The molecule has 0 aliphatic carbocycles. The van der Waals surface area contributed by atoms with Gasteiger partial charge in [-0.3, -0.25) is 0 Å². The van der Waals surface area contributed by atoms with E-state index in [0.717, 1.165) is 55.9 Å². The van der Waals surface area contributed by atoms with Gasteiger partial charge < -0.3 is 9.13 Å². The third-order valence-corrected chi connectivity index (χ3v) is 10.7. The molecular weight excluding hydrogens is 712 g/mol. The number of halogens is 5. The van der Waals surface area contributed by atoms with Gasteiger partial charge in [0.1, 0.15) is 17.2 Å². The molecule has 10 rings (SSSR count). The zero-order valence-corrected chi connectivity index (χ0v) is 29.5. The van der Waals surface area contributed by atoms with E-state index < -0.39 is 28.9 Å². The van der Waals surface area contributed by atoms with Crippen LogP contribution in [0.3, 0.4) is 0 Å². The summed E-state index contributed by atoms with van der Waals surface area (Å²) in [6.45, 7) is 0. The molecule has 0 N–H and O–H groups in total. The van der Waals surface area contributed by atoms with E-state index in [9.17, 15) is 0 Å². The Morgan fingerprint density at radius 2 is 0.750 bits per heavy atom. The third-order valence-electron chi connectivity index (χ3n) is 10.7. The molecule has 0 aliphatic heterocycles. The fourth-order valence-corrected chi connectivity index (χ4v) is 8.25. The molecule has 0 unspecified atom stereocenters. The van der Waals surface area contributed by atoms with E-state index in [1.54, 1.807) is 33.4 Å². The highest BCUT2D eigenvalue weighted by Gasteiger charge is 2.40. The Morgan fingerprint density at radius 1 is 0.339 bits per heavy atom. The first kappa shape index (κ1) is 33.6. The minimum absolute atomic E-state index is 0.0334. The summed E-state index contributed by atoms with van der Waals surface area (Å²) in [6.07, 6.45) is -4.93. The number of aromatic nitrogens is 2. The van der Waals surface area contributed by atoms with Crippen molar-refractivity contribution in [2.45, 2.75) is 6.18 Å². The van der Waals surface area contributed by atoms with Crippen LogP contribution in [0.5, 0.6) is 0 Å². The van der Waals surface area contributed by atoms with Crippen LogP contribution in [-0.2, 0) is 6.18 Å². The molecule has 8 aromatic carbocycles. The molecule has 0 fully saturated rings. The average Bonchev–Trinajstić information content (AvgIpc) is 3.73. The van der Waals surface area contributed by atoms with E-state index in [4.69, 9.17) is 0 Å². The van der Waals surface area contributed by atoms with Gasteiger partial charge in [0.25, 0.3) is 0 Å². The number of fused-ring (bicyclic) bond motifs is 6. The van der Waals surface area contributed by atoms with Crippen LogP contribution in [0, 0.1) is 11.6 Å². The second-order valence-electron chi connectivity index (χ2n) is 13.9. The van der Waals surface area contributed by atoms with Gasteiger partial charge in [0.15, 0.2) is 0 Å². The quantitative estimate of drug-likeness (QED) is 0.156. The Kier molecular flexibility index (Phi) is 7.68. The highest BCUT2D eigenvalue weighted by Crippen LogP contribution is 2.47. The second-order valence-corrected chi connectivity index (χ2v) is 13.9. The Hall–Kier alpha value is -6.99. The highest BCUT2D eigenvalue weighted by atomic mass is 19.4. The molecule has 0 saturated carbocycles. The SMILES string of the molecule is Fc1cccc(F)c1-c1cc(-n2c3ccccc3c3ccc(-c4ccccc4)cc32)c(C(F)(F)F)c(-n2c3ccccc3c3ccc(-c4ccccc4)cc32)c1. The molecule has 270 valence electrons. The van der Waals surface area contributed by atoms with E-state index in [1.807, 2.05) is 121 Å². The molecular formula is C49H29F5N2. The number of nitrogens with zero attached hydrogens (tertiary/aromatic N) is 2. The van der Waals surface area contributed by atoms with Crippen molar-refractivity contribution in [2.24, 2.45) is 0 Å². The maximum atomic E-state index is 16.3. The standard InChI is InChI=1S/C49H29F5N2/c50-39-18-11-19-40(51)47(39)34-28-45(55-41-20-9-7-16-35(41)37-24-22-32(26-43(37)55)30-12-3-1-4-13-30)48(49(52,53)54)46(29-34)56-42-21-10-8-17-36(42)38-25-23-33(27-44(38)56)31-14-5-2-6-15-31/h1-29H. The summed E-state index contributed by atoms with van der Waals surface area (Å²) in [4.78, 5) is 0. The minimum atomic E-state index is -4.93. The lowest BCUT2D eigenvalue weighted by Gasteiger charge is -2.23. The number of benzene rings is 8. The van der Waals surface area contributed by atoms with Gasteiger partial charge in [0, 0.05) is 21.5 Å². The predicted octanol–water partition coefficient (Wildman–Crippen LogP) is 14.2. The highest BCUT2D eigenvalue weighted by molar-refractivity contribution is 6.12. The maximum Gasteiger partial charge on any atom is 0.420 e. The summed E-state index contributed by atoms with van der Waals surface area (Å²) < 4.78 is 83.8. The van der Waals surface area contributed by atoms with Gasteiger partial charge in [-0.1, -0.05) is 127 Å². The summed E-state index contributed by atoms with van der Waals surface area (Å²) >= 11 is 0. The van der Waals surface area contributed by atoms with E-state index >= 15 is 22.0 Å². The first-order chi connectivity index (χ1) is 27.3. The van der Waals surface area contributed by atoms with Crippen LogP contribution in [0.25, 0.3) is 88.4 Å². The summed E-state index contributed by atoms with van der Waals surface area (Å²) in [5.41, 5.74) is 3.57. The number of hydrogen-bond acceptors (Lipinski definition) is 0. The van der Waals surface area contributed by atoms with Crippen molar-refractivity contribution in [3.05, 3.63) is 193 Å². The fourth-order valence-electron chi connectivity index (χ4n) is 8.25. The van der Waals surface area contributed by atoms with Crippen LogP contribution in [-0.4, -0.2) is 9.13 Å². The molecule has 0 bridgehead atoms. The first-order valence-corrected chi connectivity index (χ1v) is 18.1. The molecule has 2 heterocycles. The van der Waals surface area contributed by atoms with E-state index in [0.29, 0.717) is 22.1 Å². The molecule has 7 heteroatoms. The molecule has 0 aliphatic rings. The number of rotatable bonds is 5. The van der Waals surface area contributed by atoms with E-state index in [2.05, 4.69) is 0 Å². The molecule has 0 radical (unpaired) electrons. The van der Waals surface area contributed by atoms with Gasteiger partial charge in [-0.2, -0.15) is 13.2 Å². The Bertz CT molecular complexity index is 2940. The van der Waals surface area contributed by atoms with E-state index in [1.165, 1.54) is 18.2 Å². The van der Waals surface area contributed by atoms with Crippen LogP contribution in [0.4, 0.5) is 22.0 Å². The molecule has 2 nitrogen and oxygen atoms in total. The smallest absolute Gasteiger partial charge is 0.309 e. The number of alkyl halides is 3. The molecule has 0 spiro atoms. The van der Waals surface area contributed by atoms with Gasteiger partial charge in [0.05, 0.1) is 39.0 Å². The van der Waals surface area contributed by atoms with Gasteiger partial charge >= 0.3 is 6.18 Å². The summed E-state index contributed by atoms with van der Waals surface area (Å²) in [6, 6.07) is 51.3. The molecule has 10 aromatic rings. The zero-order chi connectivity index (χ0) is 38.1. The first-order valence-electron chi connectivity index (χ1n) is 18.1. The van der Waals surface area contributed by atoms with Crippen LogP contribution in [0.2, 0.25) is 0 Å². The van der Waals surface area contributed by atoms with Gasteiger partial charge in [-0.25, -0.2) is 8.78 Å². The number of hydrogen-bond donors (Lipinski definition) is 0. The van der Waals surface area contributed by atoms with Crippen molar-refractivity contribution in [2.75, 3.05) is 0 Å². The minimum Gasteiger partial charge on any atom is -0.309 e. The number of para-hydroxylation sites is 2. The Morgan fingerprint density at radius 3 is 1.20 bits per heavy atom. The molecule has 0 amide bonds. The monoisotopic (exact) mass is 740 g/mol. The van der Waals surface area contributed by atoms with Crippen molar-refractivity contribution < 1.29 is 22.0 Å². The van der Waals surface area contributed by atoms with Gasteiger partial charge in [-0.15, -0.1) is 0 Å². The van der Waals surface area contributed by atoms with Crippen LogP contribution < -0.4 is 0 Å². The lowest BCUT2D eigenvalue weighted by atomic mass is 9.98. The van der Waals surface area contributed by atoms with Crippen molar-refractivity contribution in [3.8, 4) is 44.8 Å². The van der Waals surface area contributed by atoms with Crippen molar-refractivity contribution in [1.29, 1.82) is 0 Å². The Labute approximate surface area is 317 Å². The predicted molar refractivity (Wildman–Crippen MR) is 216 cm³/mol. The normalized spacial score (nSPS) is 12.0. The Balaban J connectivity index is 1.40. The molecule has 56 heavy (non-hydrogen) atoms. The topological polar surface area (TPSA) is 9.86 Å². The lowest BCUT2D eigenvalue weighted by molar-refractivity contribution is -0.137. The fraction of sp³-hybridized carbons (Fsp3) is 0.0204. The third kappa shape index (κ3) is 5.30. The van der Waals surface area contributed by atoms with Crippen LogP contribution >= 0.6 is 0 Å². The van der Waals surface area contributed by atoms with Gasteiger partial charge in [0.2, 0.25) is 0 Å². The lowest BCUT2D eigenvalue weighted by Crippen LogP contribution is -2.16. The van der Waals surface area contributed by atoms with E-state index in [-0.39, 0.29) is 16.9 Å². The molecule has 0 atom stereocenters. The zero-order valence-electron chi connectivity index (χ0n) is 29.5. The van der Waals surface area contributed by atoms with Crippen LogP contribution in [0.15, 0.2) is 176 Å². The average molecular weight is 741 g/mol. The second kappa shape index (κ2) is 12.8. The van der Waals surface area contributed by atoms with Crippen molar-refractivity contribution >= 4 is 43.6 Å². The van der Waals surface area contributed by atoms with Crippen molar-refractivity contribution in [1.82, 2.24) is 9.13 Å². The molecule has 0 saturated heterocycles. The summed E-state index contributed by atoms with van der Waals surface area (Å²) in [7, 11) is 0. The summed E-state index contributed by atoms with van der Waals surface area (Å²) in [5, 5.41) is 2.95. The summed E-state index contributed by atoms with van der Waals surface area (Å²) in [5.74, 6) is -1.77. The van der Waals surface area contributed by atoms with Gasteiger partial charge in [-0.05, 0) is 76.3 Å². The maximum absolute atomic E-state index is 16.3.